The smallest absolute Gasteiger partial charge is 0.0649 e. The second kappa shape index (κ2) is 7.21. The predicted octanol–water partition coefficient (Wildman–Crippen LogP) is 1.82. The van der Waals surface area contributed by atoms with Gasteiger partial charge in [0.2, 0.25) is 0 Å². The lowest BCUT2D eigenvalue weighted by molar-refractivity contribution is -0.0244. The first-order valence-electron chi connectivity index (χ1n) is 5.36. The fourth-order valence-corrected chi connectivity index (χ4v) is 1.07. The third-order valence-electron chi connectivity index (χ3n) is 1.77. The highest BCUT2D eigenvalue weighted by atomic mass is 16.5. The molecule has 0 aromatic heterocycles. The summed E-state index contributed by atoms with van der Waals surface area (Å²) < 4.78 is 10.8. The van der Waals surface area contributed by atoms with Gasteiger partial charge in [-0.3, -0.25) is 0 Å². The number of methoxy groups -OCH3 is 1. The van der Waals surface area contributed by atoms with Crippen molar-refractivity contribution < 1.29 is 9.47 Å². The van der Waals surface area contributed by atoms with Crippen LogP contribution < -0.4 is 5.32 Å². The quantitative estimate of drug-likeness (QED) is 0.684. The van der Waals surface area contributed by atoms with E-state index in [2.05, 4.69) is 33.0 Å². The molecule has 0 aliphatic heterocycles. The van der Waals surface area contributed by atoms with Crippen molar-refractivity contribution in [1.29, 1.82) is 0 Å². The predicted molar refractivity (Wildman–Crippen MR) is 59.7 cm³/mol. The Balaban J connectivity index is 3.72. The van der Waals surface area contributed by atoms with E-state index in [1.165, 1.54) is 0 Å². The zero-order valence-corrected chi connectivity index (χ0v) is 10.2. The van der Waals surface area contributed by atoms with Gasteiger partial charge in [-0.15, -0.1) is 0 Å². The van der Waals surface area contributed by atoms with E-state index < -0.39 is 0 Å². The first kappa shape index (κ1) is 13.9. The topological polar surface area (TPSA) is 30.5 Å². The van der Waals surface area contributed by atoms with Crippen LogP contribution in [-0.4, -0.2) is 38.5 Å². The zero-order chi connectivity index (χ0) is 11.0. The molecule has 86 valence electrons. The molecule has 0 radical (unpaired) electrons. The first-order valence-corrected chi connectivity index (χ1v) is 5.36. The normalized spacial score (nSPS) is 14.4. The highest BCUT2D eigenvalue weighted by molar-refractivity contribution is 4.68. The van der Waals surface area contributed by atoms with Crippen LogP contribution in [0, 0.1) is 0 Å². The highest BCUT2D eigenvalue weighted by Gasteiger charge is 2.14. The van der Waals surface area contributed by atoms with Crippen molar-refractivity contribution in [2.24, 2.45) is 0 Å². The van der Waals surface area contributed by atoms with E-state index >= 15 is 0 Å². The molecular weight excluding hydrogens is 178 g/mol. The molecule has 0 fully saturated rings. The average molecular weight is 203 g/mol. The second-order valence-corrected chi connectivity index (χ2v) is 4.53. The molecule has 0 heterocycles. The van der Waals surface area contributed by atoms with E-state index in [4.69, 9.17) is 9.47 Å². The van der Waals surface area contributed by atoms with Crippen LogP contribution >= 0.6 is 0 Å². The van der Waals surface area contributed by atoms with Crippen LogP contribution in [0.5, 0.6) is 0 Å². The maximum atomic E-state index is 5.70. The van der Waals surface area contributed by atoms with Crippen molar-refractivity contribution in [1.82, 2.24) is 5.32 Å². The highest BCUT2D eigenvalue weighted by Crippen LogP contribution is 2.07. The third kappa shape index (κ3) is 8.48. The van der Waals surface area contributed by atoms with Crippen molar-refractivity contribution in [2.75, 3.05) is 26.9 Å². The lowest BCUT2D eigenvalue weighted by Gasteiger charge is -2.24. The number of hydrogen-bond acceptors (Lipinski definition) is 3. The van der Waals surface area contributed by atoms with Gasteiger partial charge in [0.15, 0.2) is 0 Å². The second-order valence-electron chi connectivity index (χ2n) is 4.53. The summed E-state index contributed by atoms with van der Waals surface area (Å²) in [6.45, 7) is 10.8. The Morgan fingerprint density at radius 1 is 1.21 bits per heavy atom. The fraction of sp³-hybridized carbons (Fsp3) is 1.00. The van der Waals surface area contributed by atoms with Crippen molar-refractivity contribution in [3.05, 3.63) is 0 Å². The average Bonchev–Trinajstić information content (AvgIpc) is 2.08. The van der Waals surface area contributed by atoms with Crippen molar-refractivity contribution in [2.45, 2.75) is 45.8 Å². The van der Waals surface area contributed by atoms with E-state index in [1.54, 1.807) is 7.11 Å². The minimum absolute atomic E-state index is 0.0696. The van der Waals surface area contributed by atoms with E-state index in [9.17, 15) is 0 Å². The van der Waals surface area contributed by atoms with Crippen molar-refractivity contribution in [3.63, 3.8) is 0 Å². The molecule has 0 saturated heterocycles. The van der Waals surface area contributed by atoms with Crippen LogP contribution in [0.3, 0.4) is 0 Å². The summed E-state index contributed by atoms with van der Waals surface area (Å²) in [5.74, 6) is 0. The molecule has 0 spiro atoms. The Hall–Kier alpha value is -0.120. The summed E-state index contributed by atoms with van der Waals surface area (Å²) in [6.07, 6.45) is 1.13. The van der Waals surface area contributed by atoms with Gasteiger partial charge in [0.25, 0.3) is 0 Å². The van der Waals surface area contributed by atoms with E-state index in [0.717, 1.165) is 13.0 Å². The molecule has 3 heteroatoms. The summed E-state index contributed by atoms with van der Waals surface area (Å²) >= 11 is 0. The molecule has 0 saturated carbocycles. The molecule has 0 aliphatic carbocycles. The zero-order valence-electron chi connectivity index (χ0n) is 10.2. The molecule has 0 rings (SSSR count). The van der Waals surface area contributed by atoms with Crippen LogP contribution in [-0.2, 0) is 9.47 Å². The first-order chi connectivity index (χ1) is 6.49. The summed E-state index contributed by atoms with van der Waals surface area (Å²) in [5.41, 5.74) is -0.0696. The molecule has 1 atom stereocenters. The van der Waals surface area contributed by atoms with Crippen molar-refractivity contribution >= 4 is 0 Å². The minimum Gasteiger partial charge on any atom is -0.383 e. The Labute approximate surface area is 88.2 Å². The van der Waals surface area contributed by atoms with Crippen LogP contribution in [0.1, 0.15) is 34.1 Å². The van der Waals surface area contributed by atoms with E-state index in [-0.39, 0.29) is 5.60 Å². The summed E-state index contributed by atoms with van der Waals surface area (Å²) in [4.78, 5) is 0. The Kier molecular flexibility index (Phi) is 7.15. The number of ether oxygens (including phenoxy) is 2. The monoisotopic (exact) mass is 203 g/mol. The fourth-order valence-electron chi connectivity index (χ4n) is 1.07. The van der Waals surface area contributed by atoms with Crippen LogP contribution in [0.15, 0.2) is 0 Å². The van der Waals surface area contributed by atoms with Crippen molar-refractivity contribution in [3.8, 4) is 0 Å². The molecule has 0 aliphatic rings. The van der Waals surface area contributed by atoms with Gasteiger partial charge in [-0.05, 0) is 33.7 Å². The van der Waals surface area contributed by atoms with Gasteiger partial charge in [-0.1, -0.05) is 6.92 Å². The standard InChI is InChI=1S/C11H25NO2/c1-6-7-12-10(8-13-5)9-14-11(2,3)4/h10,12H,6-9H2,1-5H3. The van der Waals surface area contributed by atoms with Gasteiger partial charge in [0.05, 0.1) is 24.9 Å². The molecule has 0 aromatic rings. The van der Waals surface area contributed by atoms with Gasteiger partial charge in [-0.2, -0.15) is 0 Å². The summed E-state index contributed by atoms with van der Waals surface area (Å²) in [6, 6.07) is 0.305. The summed E-state index contributed by atoms with van der Waals surface area (Å²) in [5, 5.41) is 3.39. The lowest BCUT2D eigenvalue weighted by Crippen LogP contribution is -2.40. The Morgan fingerprint density at radius 2 is 1.86 bits per heavy atom. The number of hydrogen-bond donors (Lipinski definition) is 1. The Morgan fingerprint density at radius 3 is 2.29 bits per heavy atom. The van der Waals surface area contributed by atoms with E-state index in [0.29, 0.717) is 19.3 Å². The molecule has 3 nitrogen and oxygen atoms in total. The van der Waals surface area contributed by atoms with Gasteiger partial charge in [0.1, 0.15) is 0 Å². The molecule has 1 N–H and O–H groups in total. The van der Waals surface area contributed by atoms with Crippen LogP contribution in [0.2, 0.25) is 0 Å². The van der Waals surface area contributed by atoms with Crippen LogP contribution in [0.25, 0.3) is 0 Å². The molecule has 1 unspecified atom stereocenters. The molecular formula is C11H25NO2. The molecule has 14 heavy (non-hydrogen) atoms. The summed E-state index contributed by atoms with van der Waals surface area (Å²) in [7, 11) is 1.72. The van der Waals surface area contributed by atoms with Gasteiger partial charge < -0.3 is 14.8 Å². The molecule has 0 aromatic carbocycles. The van der Waals surface area contributed by atoms with Gasteiger partial charge in [-0.25, -0.2) is 0 Å². The SMILES string of the molecule is CCCNC(COC)COC(C)(C)C. The molecule has 0 bridgehead atoms. The maximum Gasteiger partial charge on any atom is 0.0649 e. The van der Waals surface area contributed by atoms with Crippen LogP contribution in [0.4, 0.5) is 0 Å². The van der Waals surface area contributed by atoms with E-state index in [1.807, 2.05) is 0 Å². The largest absolute Gasteiger partial charge is 0.383 e. The van der Waals surface area contributed by atoms with Gasteiger partial charge in [0, 0.05) is 7.11 Å². The lowest BCUT2D eigenvalue weighted by atomic mass is 10.2. The number of rotatable bonds is 7. The third-order valence-corrected chi connectivity index (χ3v) is 1.77. The minimum atomic E-state index is -0.0696. The maximum absolute atomic E-state index is 5.70. The number of nitrogens with one attached hydrogen (secondary N) is 1. The Bertz CT molecular complexity index is 132. The van der Waals surface area contributed by atoms with Gasteiger partial charge >= 0.3 is 0 Å². The molecule has 0 amide bonds.